The van der Waals surface area contributed by atoms with Gasteiger partial charge in [0.15, 0.2) is 0 Å². The molecule has 0 atom stereocenters. The van der Waals surface area contributed by atoms with Crippen LogP contribution < -0.4 is 5.32 Å². The zero-order valence-corrected chi connectivity index (χ0v) is 12.0. The molecule has 1 N–H and O–H groups in total. The van der Waals surface area contributed by atoms with Crippen LogP contribution in [0.4, 0.5) is 0 Å². The molecule has 0 radical (unpaired) electrons. The Hall–Kier alpha value is -0.820. The second-order valence-corrected chi connectivity index (χ2v) is 6.19. The Bertz CT molecular complexity index is 322. The van der Waals surface area contributed by atoms with Crippen molar-refractivity contribution in [3.8, 4) is 0 Å². The predicted octanol–water partition coefficient (Wildman–Crippen LogP) is 3.95. The van der Waals surface area contributed by atoms with Crippen LogP contribution in [-0.2, 0) is 6.42 Å². The highest BCUT2D eigenvalue weighted by molar-refractivity contribution is 5.22. The van der Waals surface area contributed by atoms with Crippen LogP contribution in [0.3, 0.4) is 0 Å². The van der Waals surface area contributed by atoms with Gasteiger partial charge in [-0.2, -0.15) is 0 Å². The summed E-state index contributed by atoms with van der Waals surface area (Å²) in [4.78, 5) is 0. The van der Waals surface area contributed by atoms with Crippen LogP contribution in [0.5, 0.6) is 0 Å². The highest BCUT2D eigenvalue weighted by atomic mass is 14.9. The summed E-state index contributed by atoms with van der Waals surface area (Å²) in [6.07, 6.45) is 2.38. The molecule has 96 valence electrons. The molecule has 1 aromatic carbocycles. The molecule has 0 aliphatic carbocycles. The van der Waals surface area contributed by atoms with E-state index in [0.29, 0.717) is 11.5 Å². The van der Waals surface area contributed by atoms with Gasteiger partial charge in [-0.25, -0.2) is 0 Å². The Kier molecular flexibility index (Phi) is 5.20. The zero-order valence-electron chi connectivity index (χ0n) is 12.0. The quantitative estimate of drug-likeness (QED) is 0.784. The molecule has 0 amide bonds. The van der Waals surface area contributed by atoms with E-state index >= 15 is 0 Å². The number of hydrogen-bond donors (Lipinski definition) is 1. The van der Waals surface area contributed by atoms with Gasteiger partial charge in [0.1, 0.15) is 0 Å². The molecule has 17 heavy (non-hydrogen) atoms. The van der Waals surface area contributed by atoms with E-state index < -0.39 is 0 Å². The molecule has 0 spiro atoms. The summed E-state index contributed by atoms with van der Waals surface area (Å²) in [7, 11) is 0. The molecule has 0 unspecified atom stereocenters. The summed E-state index contributed by atoms with van der Waals surface area (Å²) >= 11 is 0. The fourth-order valence-corrected chi connectivity index (χ4v) is 2.05. The molecule has 0 saturated carbocycles. The van der Waals surface area contributed by atoms with Gasteiger partial charge < -0.3 is 5.32 Å². The van der Waals surface area contributed by atoms with Crippen molar-refractivity contribution in [2.75, 3.05) is 6.54 Å². The third-order valence-electron chi connectivity index (χ3n) is 3.16. The normalized spacial score (nSPS) is 12.1. The molecule has 0 aliphatic heterocycles. The van der Waals surface area contributed by atoms with E-state index in [1.807, 2.05) is 0 Å². The lowest BCUT2D eigenvalue weighted by atomic mass is 9.82. The molecule has 0 aliphatic rings. The topological polar surface area (TPSA) is 12.0 Å². The van der Waals surface area contributed by atoms with Crippen molar-refractivity contribution in [1.82, 2.24) is 5.32 Å². The Morgan fingerprint density at radius 3 is 2.24 bits per heavy atom. The number of aryl methyl sites for hydroxylation is 1. The Labute approximate surface area is 107 Å². The first-order valence-electron chi connectivity index (χ1n) is 6.68. The van der Waals surface area contributed by atoms with Crippen molar-refractivity contribution < 1.29 is 0 Å². The molecule has 1 nitrogen and oxygen atoms in total. The van der Waals surface area contributed by atoms with Crippen molar-refractivity contribution in [3.63, 3.8) is 0 Å². The van der Waals surface area contributed by atoms with E-state index in [4.69, 9.17) is 0 Å². The van der Waals surface area contributed by atoms with Crippen molar-refractivity contribution in [3.05, 3.63) is 35.4 Å². The first-order valence-corrected chi connectivity index (χ1v) is 6.68. The smallest absolute Gasteiger partial charge is 0.00103 e. The molecular formula is C16H27N. The maximum atomic E-state index is 3.50. The minimum absolute atomic E-state index is 0.372. The van der Waals surface area contributed by atoms with E-state index in [-0.39, 0.29) is 0 Å². The van der Waals surface area contributed by atoms with Crippen LogP contribution in [0, 0.1) is 12.3 Å². The molecule has 0 saturated heterocycles. The summed E-state index contributed by atoms with van der Waals surface area (Å²) < 4.78 is 0. The van der Waals surface area contributed by atoms with Gasteiger partial charge in [-0.3, -0.25) is 0 Å². The largest absolute Gasteiger partial charge is 0.315 e. The van der Waals surface area contributed by atoms with Gasteiger partial charge in [0.2, 0.25) is 0 Å². The van der Waals surface area contributed by atoms with Crippen LogP contribution in [0.1, 0.15) is 45.2 Å². The van der Waals surface area contributed by atoms with E-state index in [9.17, 15) is 0 Å². The summed E-state index contributed by atoms with van der Waals surface area (Å²) in [5.74, 6) is 0. The van der Waals surface area contributed by atoms with E-state index in [2.05, 4.69) is 64.2 Å². The summed E-state index contributed by atoms with van der Waals surface area (Å²) in [5.41, 5.74) is 3.16. The van der Waals surface area contributed by atoms with Crippen molar-refractivity contribution in [1.29, 1.82) is 0 Å². The maximum absolute atomic E-state index is 3.50. The van der Waals surface area contributed by atoms with E-state index in [1.54, 1.807) is 0 Å². The SMILES string of the molecule is Cc1ccc(CC(C)(C)CCNC(C)C)cc1. The van der Waals surface area contributed by atoms with Gasteiger partial charge in [-0.05, 0) is 37.3 Å². The fraction of sp³-hybridized carbons (Fsp3) is 0.625. The second-order valence-electron chi connectivity index (χ2n) is 6.19. The molecular weight excluding hydrogens is 206 g/mol. The monoisotopic (exact) mass is 233 g/mol. The predicted molar refractivity (Wildman–Crippen MR) is 76.4 cm³/mol. The van der Waals surface area contributed by atoms with Gasteiger partial charge in [0.25, 0.3) is 0 Å². The molecule has 1 aromatic rings. The third kappa shape index (κ3) is 5.88. The van der Waals surface area contributed by atoms with Gasteiger partial charge in [0.05, 0.1) is 0 Å². The number of benzene rings is 1. The fourth-order valence-electron chi connectivity index (χ4n) is 2.05. The maximum Gasteiger partial charge on any atom is 0.00103 e. The minimum atomic E-state index is 0.372. The first-order chi connectivity index (χ1) is 7.89. The Morgan fingerprint density at radius 1 is 1.12 bits per heavy atom. The van der Waals surface area contributed by atoms with Crippen LogP contribution >= 0.6 is 0 Å². The van der Waals surface area contributed by atoms with Crippen LogP contribution in [0.15, 0.2) is 24.3 Å². The van der Waals surface area contributed by atoms with E-state index in [1.165, 1.54) is 17.5 Å². The number of hydrogen-bond acceptors (Lipinski definition) is 1. The molecule has 0 aromatic heterocycles. The molecule has 0 bridgehead atoms. The zero-order chi connectivity index (χ0) is 12.9. The highest BCUT2D eigenvalue weighted by Crippen LogP contribution is 2.25. The lowest BCUT2D eigenvalue weighted by Gasteiger charge is -2.25. The van der Waals surface area contributed by atoms with Crippen LogP contribution in [0.25, 0.3) is 0 Å². The van der Waals surface area contributed by atoms with Gasteiger partial charge >= 0.3 is 0 Å². The van der Waals surface area contributed by atoms with Crippen molar-refractivity contribution in [2.45, 2.75) is 53.5 Å². The first kappa shape index (κ1) is 14.2. The van der Waals surface area contributed by atoms with E-state index in [0.717, 1.165) is 13.0 Å². The summed E-state index contributed by atoms with van der Waals surface area (Å²) in [6.45, 7) is 12.4. The Balaban J connectivity index is 2.45. The summed E-state index contributed by atoms with van der Waals surface area (Å²) in [6, 6.07) is 9.51. The van der Waals surface area contributed by atoms with Crippen LogP contribution in [0.2, 0.25) is 0 Å². The molecule has 1 heteroatoms. The van der Waals surface area contributed by atoms with Gasteiger partial charge in [0, 0.05) is 6.04 Å². The van der Waals surface area contributed by atoms with Crippen molar-refractivity contribution in [2.24, 2.45) is 5.41 Å². The van der Waals surface area contributed by atoms with Crippen molar-refractivity contribution >= 4 is 0 Å². The number of nitrogens with one attached hydrogen (secondary N) is 1. The van der Waals surface area contributed by atoms with Gasteiger partial charge in [-0.1, -0.05) is 57.5 Å². The number of rotatable bonds is 6. The lowest BCUT2D eigenvalue weighted by Crippen LogP contribution is -2.28. The average molecular weight is 233 g/mol. The standard InChI is InChI=1S/C16H27N/c1-13(2)17-11-10-16(4,5)12-15-8-6-14(3)7-9-15/h6-9,13,17H,10-12H2,1-5H3. The second kappa shape index (κ2) is 6.20. The Morgan fingerprint density at radius 2 is 1.71 bits per heavy atom. The van der Waals surface area contributed by atoms with Crippen LogP contribution in [-0.4, -0.2) is 12.6 Å². The summed E-state index contributed by atoms with van der Waals surface area (Å²) in [5, 5.41) is 3.50. The molecule has 1 rings (SSSR count). The molecule has 0 fully saturated rings. The highest BCUT2D eigenvalue weighted by Gasteiger charge is 2.18. The average Bonchev–Trinajstić information content (AvgIpc) is 2.20. The minimum Gasteiger partial charge on any atom is -0.315 e. The molecule has 0 heterocycles. The lowest BCUT2D eigenvalue weighted by molar-refractivity contribution is 0.320. The third-order valence-corrected chi connectivity index (χ3v) is 3.16. The van der Waals surface area contributed by atoms with Gasteiger partial charge in [-0.15, -0.1) is 0 Å².